The van der Waals surface area contributed by atoms with Gasteiger partial charge in [0.05, 0.1) is 0 Å². The highest BCUT2D eigenvalue weighted by Gasteiger charge is 2.02. The highest BCUT2D eigenvalue weighted by molar-refractivity contribution is 6.64. The molecule has 0 saturated carbocycles. The summed E-state index contributed by atoms with van der Waals surface area (Å²) in [5, 5.41) is 2.92. The monoisotopic (exact) mass is 272 g/mol. The van der Waals surface area contributed by atoms with Crippen LogP contribution in [0.4, 0.5) is 0 Å². The second kappa shape index (κ2) is 9.40. The lowest BCUT2D eigenvalue weighted by Crippen LogP contribution is -2.15. The van der Waals surface area contributed by atoms with Crippen molar-refractivity contribution in [3.8, 4) is 0 Å². The van der Waals surface area contributed by atoms with E-state index in [1.54, 1.807) is 0 Å². The van der Waals surface area contributed by atoms with E-state index in [-0.39, 0.29) is 0 Å². The van der Waals surface area contributed by atoms with Crippen LogP contribution in [0.5, 0.6) is 0 Å². The third kappa shape index (κ3) is 8.30. The maximum atomic E-state index is 2.60. The van der Waals surface area contributed by atoms with E-state index >= 15 is 0 Å². The van der Waals surface area contributed by atoms with E-state index in [1.165, 1.54) is 29.0 Å². The quantitative estimate of drug-likeness (QED) is 0.546. The molecule has 0 fully saturated rings. The van der Waals surface area contributed by atoms with Crippen molar-refractivity contribution in [3.05, 3.63) is 46.9 Å². The van der Waals surface area contributed by atoms with Crippen LogP contribution in [-0.4, -0.2) is 14.1 Å². The standard InChI is InChI=1S/C10H11.2C4H9.Al/c1-2-3-7-10-8-5-4-6-9-10;2*1-4(2)3;/h1-2,4-6,8-9H,3,7H2;2*4H,1H2,2-3H3;/q;;;-1. The molecule has 0 amide bonds. The van der Waals surface area contributed by atoms with E-state index in [1.807, 2.05) is 0 Å². The Kier molecular flexibility index (Phi) is 8.19. The van der Waals surface area contributed by atoms with Gasteiger partial charge in [0.25, 0.3) is 0 Å². The number of rotatable bonds is 8. The molecule has 19 heavy (non-hydrogen) atoms. The molecule has 105 valence electrons. The highest BCUT2D eigenvalue weighted by atomic mass is 27.2. The summed E-state index contributed by atoms with van der Waals surface area (Å²) in [6.07, 6.45) is 4.83. The second-order valence-electron chi connectivity index (χ2n) is 6.47. The zero-order chi connectivity index (χ0) is 14.1. The lowest BCUT2D eigenvalue weighted by molar-refractivity contribution is 0.694. The summed E-state index contributed by atoms with van der Waals surface area (Å²) in [6, 6.07) is 10.8. The number of benzene rings is 1. The van der Waals surface area contributed by atoms with Crippen LogP contribution in [0.2, 0.25) is 10.6 Å². The minimum Gasteiger partial charge on any atom is -0.306 e. The topological polar surface area (TPSA) is 0 Å². The van der Waals surface area contributed by atoms with E-state index in [9.17, 15) is 0 Å². The van der Waals surface area contributed by atoms with Gasteiger partial charge in [-0.25, -0.2) is 10.6 Å². The normalized spacial score (nSPS) is 12.2. The Morgan fingerprint density at radius 3 is 2.05 bits per heavy atom. The van der Waals surface area contributed by atoms with E-state index in [0.717, 1.165) is 11.8 Å². The summed E-state index contributed by atoms with van der Waals surface area (Å²) >= 11 is -0.656. The fourth-order valence-corrected chi connectivity index (χ4v) is 6.15. The van der Waals surface area contributed by atoms with Crippen LogP contribution < -0.4 is 0 Å². The molecular weight excluding hydrogens is 243 g/mol. The third-order valence-corrected chi connectivity index (χ3v) is 7.31. The van der Waals surface area contributed by atoms with Crippen LogP contribution in [0.1, 0.15) is 39.7 Å². The summed E-state index contributed by atoms with van der Waals surface area (Å²) in [6.45, 7) is 9.44. The Morgan fingerprint density at radius 1 is 0.947 bits per heavy atom. The molecule has 0 N–H and O–H groups in total. The van der Waals surface area contributed by atoms with Gasteiger partial charge in [-0.2, -0.15) is 0 Å². The van der Waals surface area contributed by atoms with Crippen molar-refractivity contribution >= 4 is 14.1 Å². The van der Waals surface area contributed by atoms with E-state index in [4.69, 9.17) is 0 Å². The molecule has 1 heteroatoms. The Morgan fingerprint density at radius 2 is 1.53 bits per heavy atom. The Bertz CT molecular complexity index is 341. The first-order valence-corrected chi connectivity index (χ1v) is 10.1. The van der Waals surface area contributed by atoms with Crippen LogP contribution in [0.3, 0.4) is 0 Å². The van der Waals surface area contributed by atoms with Crippen LogP contribution in [0.25, 0.3) is 0 Å². The first-order chi connectivity index (χ1) is 9.08. The molecule has 0 unspecified atom stereocenters. The van der Waals surface area contributed by atoms with E-state index in [0.29, 0.717) is 0 Å². The average molecular weight is 272 g/mol. The maximum absolute atomic E-state index is 2.60. The molecule has 0 bridgehead atoms. The average Bonchev–Trinajstić information content (AvgIpc) is 2.34. The van der Waals surface area contributed by atoms with Gasteiger partial charge in [-0.05, 0) is 32.6 Å². The van der Waals surface area contributed by atoms with Crippen molar-refractivity contribution in [1.29, 1.82) is 0 Å². The van der Waals surface area contributed by atoms with Crippen molar-refractivity contribution in [2.75, 3.05) is 0 Å². The lowest BCUT2D eigenvalue weighted by Gasteiger charge is -2.25. The van der Waals surface area contributed by atoms with Gasteiger partial charge in [-0.1, -0.05) is 69.9 Å². The Labute approximate surface area is 124 Å². The van der Waals surface area contributed by atoms with Crippen molar-refractivity contribution in [2.45, 2.75) is 51.1 Å². The number of hydrogen-bond donors (Lipinski definition) is 0. The summed E-state index contributed by atoms with van der Waals surface area (Å²) in [4.78, 5) is 2.60. The molecule has 0 aliphatic carbocycles. The van der Waals surface area contributed by atoms with Crippen molar-refractivity contribution in [2.24, 2.45) is 11.8 Å². The smallest absolute Gasteiger partial charge is 0.00486 e. The molecule has 0 aromatic heterocycles. The molecule has 1 rings (SSSR count). The van der Waals surface area contributed by atoms with Crippen LogP contribution >= 0.6 is 0 Å². The molecule has 0 aliphatic heterocycles. The Hall–Kier alpha value is -0.508. The van der Waals surface area contributed by atoms with Crippen molar-refractivity contribution in [1.82, 2.24) is 0 Å². The first-order valence-electron chi connectivity index (χ1n) is 7.78. The molecule has 1 radical (unpaired) electrons. The van der Waals surface area contributed by atoms with Gasteiger partial charge in [-0.3, -0.25) is 0 Å². The van der Waals surface area contributed by atoms with Crippen molar-refractivity contribution < 1.29 is 0 Å². The summed E-state index contributed by atoms with van der Waals surface area (Å²) in [7, 11) is 0. The minimum atomic E-state index is -0.656. The van der Waals surface area contributed by atoms with Gasteiger partial charge in [0.2, 0.25) is 0 Å². The van der Waals surface area contributed by atoms with Gasteiger partial charge in [0, 0.05) is 0 Å². The maximum Gasteiger partial charge on any atom is -0.00486 e. The fourth-order valence-electron chi connectivity index (χ4n) is 2.65. The Balaban J connectivity index is 2.38. The second-order valence-corrected chi connectivity index (χ2v) is 9.32. The first kappa shape index (κ1) is 16.5. The van der Waals surface area contributed by atoms with Crippen molar-refractivity contribution in [3.63, 3.8) is 0 Å². The van der Waals surface area contributed by atoms with Crippen LogP contribution in [-0.2, 0) is 6.42 Å². The molecule has 0 spiro atoms. The predicted octanol–water partition coefficient (Wildman–Crippen LogP) is 5.52. The molecule has 0 aliphatic rings. The minimum absolute atomic E-state index is 0.656. The molecule has 0 heterocycles. The van der Waals surface area contributed by atoms with E-state index in [2.05, 4.69) is 69.0 Å². The SMILES string of the molecule is CC(C)[CH2][Al-](/[CH]=C/CCc1ccccc1)[CH2]C(C)C. The van der Waals surface area contributed by atoms with Gasteiger partial charge >= 0.3 is 0 Å². The zero-order valence-corrected chi connectivity index (χ0v) is 14.3. The number of hydrogen-bond acceptors (Lipinski definition) is 0. The van der Waals surface area contributed by atoms with Crippen LogP contribution in [0, 0.1) is 11.8 Å². The van der Waals surface area contributed by atoms with Crippen LogP contribution in [0.15, 0.2) is 41.3 Å². The zero-order valence-electron chi connectivity index (χ0n) is 13.1. The third-order valence-electron chi connectivity index (χ3n) is 3.40. The van der Waals surface area contributed by atoms with Gasteiger partial charge in [0.1, 0.15) is 0 Å². The fraction of sp³-hybridized carbons (Fsp3) is 0.556. The summed E-state index contributed by atoms with van der Waals surface area (Å²) < 4.78 is 0. The van der Waals surface area contributed by atoms with Gasteiger partial charge in [-0.15, -0.1) is 6.08 Å². The molecule has 0 nitrogen and oxygen atoms in total. The molecule has 0 saturated heterocycles. The molecule has 1 aromatic rings. The number of aryl methyl sites for hydroxylation is 1. The lowest BCUT2D eigenvalue weighted by atomic mass is 10.1. The largest absolute Gasteiger partial charge is 0.306 e. The molecular formula is C18H29Al-. The summed E-state index contributed by atoms with van der Waals surface area (Å²) in [5.41, 5.74) is 1.46. The predicted molar refractivity (Wildman–Crippen MR) is 88.9 cm³/mol. The van der Waals surface area contributed by atoms with Gasteiger partial charge in [0.15, 0.2) is 0 Å². The number of allylic oxidation sites excluding steroid dienone is 1. The summed E-state index contributed by atoms with van der Waals surface area (Å²) in [5.74, 6) is 1.71. The molecule has 0 atom stereocenters. The van der Waals surface area contributed by atoms with Gasteiger partial charge < -0.3 is 4.94 Å². The highest BCUT2D eigenvalue weighted by Crippen LogP contribution is 2.16. The van der Waals surface area contributed by atoms with E-state index < -0.39 is 14.1 Å². The molecule has 1 aromatic carbocycles.